The van der Waals surface area contributed by atoms with E-state index in [4.69, 9.17) is 53.1 Å². The fourth-order valence-electron chi connectivity index (χ4n) is 2.47. The molecule has 1 aromatic carbocycles. The maximum Gasteiger partial charge on any atom is 0.303 e. The summed E-state index contributed by atoms with van der Waals surface area (Å²) in [5.74, 6) is -1.70. The molecule has 12 heteroatoms. The molecule has 0 saturated heterocycles. The summed E-state index contributed by atoms with van der Waals surface area (Å²) < 4.78 is 21.6. The highest BCUT2D eigenvalue weighted by atomic mass is 35.5. The predicted octanol–water partition coefficient (Wildman–Crippen LogP) is 3.07. The minimum Gasteiger partial charge on any atom is -0.463 e. The van der Waals surface area contributed by atoms with Crippen molar-refractivity contribution >= 4 is 52.9 Å². The van der Waals surface area contributed by atoms with E-state index in [-0.39, 0.29) is 28.8 Å². The maximum atomic E-state index is 11.6. The summed E-state index contributed by atoms with van der Waals surface area (Å²) in [4.78, 5) is 34.8. The molecule has 0 amide bonds. The first kappa shape index (κ1) is 28.0. The van der Waals surface area contributed by atoms with Crippen molar-refractivity contribution in [3.05, 3.63) is 27.7 Å². The lowest BCUT2D eigenvalue weighted by molar-refractivity contribution is -0.169. The molecule has 4 atom stereocenters. The minimum absolute atomic E-state index is 0.1000. The highest BCUT2D eigenvalue weighted by Crippen LogP contribution is 2.35. The number of rotatable bonds is 11. The summed E-state index contributed by atoms with van der Waals surface area (Å²) in [7, 11) is 0. The van der Waals surface area contributed by atoms with Crippen LogP contribution in [-0.2, 0) is 33.3 Å². The van der Waals surface area contributed by atoms with Crippen molar-refractivity contribution in [3.8, 4) is 6.07 Å². The van der Waals surface area contributed by atoms with E-state index in [1.54, 1.807) is 6.92 Å². The van der Waals surface area contributed by atoms with Crippen molar-refractivity contribution in [1.29, 1.82) is 5.26 Å². The predicted molar refractivity (Wildman–Crippen MR) is 118 cm³/mol. The lowest BCUT2D eigenvalue weighted by Gasteiger charge is -2.31. The van der Waals surface area contributed by atoms with Crippen LogP contribution in [0.25, 0.3) is 0 Å². The van der Waals surface area contributed by atoms with Crippen LogP contribution in [-0.4, -0.2) is 54.8 Å². The first-order valence-corrected chi connectivity index (χ1v) is 11.0. The van der Waals surface area contributed by atoms with Crippen LogP contribution in [0.2, 0.25) is 10.0 Å². The van der Waals surface area contributed by atoms with Crippen molar-refractivity contribution in [2.75, 3.05) is 13.2 Å². The Morgan fingerprint density at radius 1 is 1.06 bits per heavy atom. The van der Waals surface area contributed by atoms with E-state index < -0.39 is 41.7 Å². The van der Waals surface area contributed by atoms with Gasteiger partial charge in [0.05, 0.1) is 15.6 Å². The Bertz CT molecular complexity index is 855. The lowest BCUT2D eigenvalue weighted by Crippen LogP contribution is -2.44. The van der Waals surface area contributed by atoms with Gasteiger partial charge in [-0.1, -0.05) is 35.0 Å². The van der Waals surface area contributed by atoms with Gasteiger partial charge in [-0.25, -0.2) is 0 Å². The highest BCUT2D eigenvalue weighted by Gasteiger charge is 2.32. The quantitative estimate of drug-likeness (QED) is 0.206. The van der Waals surface area contributed by atoms with E-state index in [1.165, 1.54) is 32.9 Å². The number of benzene rings is 1. The minimum atomic E-state index is -0.928. The van der Waals surface area contributed by atoms with Crippen molar-refractivity contribution in [2.24, 2.45) is 5.73 Å². The molecule has 176 valence electrons. The number of ether oxygens (including phenoxy) is 4. The van der Waals surface area contributed by atoms with E-state index in [9.17, 15) is 14.4 Å². The second-order valence-corrected chi connectivity index (χ2v) is 8.52. The van der Waals surface area contributed by atoms with Gasteiger partial charge in [0, 0.05) is 32.2 Å². The van der Waals surface area contributed by atoms with Crippen LogP contribution in [0, 0.1) is 11.3 Å². The molecule has 0 heterocycles. The zero-order valence-electron chi connectivity index (χ0n) is 17.9. The van der Waals surface area contributed by atoms with Crippen LogP contribution < -0.4 is 5.73 Å². The number of carbonyl (C=O) groups excluding carboxylic acids is 3. The molecule has 32 heavy (non-hydrogen) atoms. The first-order valence-electron chi connectivity index (χ1n) is 9.37. The number of halogens is 2. The standard InChI is InChI=1S/C20H24Cl2N2O7S/c1-10(29-12(3)26)19(9-28-11(2)25)31-20(18(8-24)30-13(4)27)32-14-5-16(21)15(7-23)17(22)6-14/h5-6,10,18-20H,8-9,24H2,1-4H3/t10-,18+,19?,20?/m1/s1. The molecule has 9 nitrogen and oxygen atoms in total. The number of nitrogens with two attached hydrogens (primary N) is 1. The number of thioether (sulfide) groups is 1. The third kappa shape index (κ3) is 9.22. The highest BCUT2D eigenvalue weighted by molar-refractivity contribution is 7.99. The molecule has 0 radical (unpaired) electrons. The molecule has 0 bridgehead atoms. The molecule has 0 aromatic heterocycles. The summed E-state index contributed by atoms with van der Waals surface area (Å²) in [6.07, 6.45) is -2.64. The molecule has 1 aromatic rings. The molecule has 0 spiro atoms. The number of carbonyl (C=O) groups is 3. The first-order chi connectivity index (χ1) is 15.0. The van der Waals surface area contributed by atoms with Gasteiger partial charge in [0.25, 0.3) is 0 Å². The van der Waals surface area contributed by atoms with Crippen molar-refractivity contribution < 1.29 is 33.3 Å². The lowest BCUT2D eigenvalue weighted by atomic mass is 10.2. The van der Waals surface area contributed by atoms with E-state index in [1.807, 2.05) is 6.07 Å². The largest absolute Gasteiger partial charge is 0.463 e. The fraction of sp³-hybridized carbons (Fsp3) is 0.500. The van der Waals surface area contributed by atoms with E-state index >= 15 is 0 Å². The summed E-state index contributed by atoms with van der Waals surface area (Å²) in [6, 6.07) is 4.92. The molecule has 0 aliphatic heterocycles. The van der Waals surface area contributed by atoms with Crippen LogP contribution in [0.4, 0.5) is 0 Å². The van der Waals surface area contributed by atoms with Crippen LogP contribution in [0.1, 0.15) is 33.3 Å². The average molecular weight is 507 g/mol. The van der Waals surface area contributed by atoms with Gasteiger partial charge < -0.3 is 24.7 Å². The topological polar surface area (TPSA) is 138 Å². The molecule has 2 N–H and O–H groups in total. The maximum absolute atomic E-state index is 11.6. The van der Waals surface area contributed by atoms with Crippen molar-refractivity contribution in [3.63, 3.8) is 0 Å². The number of hydrogen-bond acceptors (Lipinski definition) is 10. The van der Waals surface area contributed by atoms with Gasteiger partial charge >= 0.3 is 17.9 Å². The van der Waals surface area contributed by atoms with Crippen LogP contribution in [0.3, 0.4) is 0 Å². The zero-order valence-corrected chi connectivity index (χ0v) is 20.3. The third-order valence-electron chi connectivity index (χ3n) is 3.87. The monoisotopic (exact) mass is 506 g/mol. The Morgan fingerprint density at radius 2 is 1.62 bits per heavy atom. The van der Waals surface area contributed by atoms with Gasteiger partial charge in [-0.05, 0) is 19.1 Å². The van der Waals surface area contributed by atoms with Crippen molar-refractivity contribution in [1.82, 2.24) is 0 Å². The van der Waals surface area contributed by atoms with Crippen molar-refractivity contribution in [2.45, 2.75) is 56.3 Å². The van der Waals surface area contributed by atoms with Gasteiger partial charge in [-0.15, -0.1) is 0 Å². The molecule has 0 fully saturated rings. The molecule has 1 rings (SSSR count). The van der Waals surface area contributed by atoms with E-state index in [2.05, 4.69) is 0 Å². The Balaban J connectivity index is 3.28. The number of esters is 3. The van der Waals surface area contributed by atoms with Gasteiger partial charge in [0.15, 0.2) is 0 Å². The van der Waals surface area contributed by atoms with Crippen LogP contribution in [0.5, 0.6) is 0 Å². The number of hydrogen-bond donors (Lipinski definition) is 1. The van der Waals surface area contributed by atoms with Crippen LogP contribution in [0.15, 0.2) is 17.0 Å². The van der Waals surface area contributed by atoms with Gasteiger partial charge in [-0.3, -0.25) is 14.4 Å². The second kappa shape index (κ2) is 13.5. The summed E-state index contributed by atoms with van der Waals surface area (Å²) >= 11 is 13.3. The molecular formula is C20H24Cl2N2O7S. The summed E-state index contributed by atoms with van der Waals surface area (Å²) in [5, 5.41) is 9.40. The smallest absolute Gasteiger partial charge is 0.303 e. The SMILES string of the molecule is CC(=O)OCC(OC(Sc1cc(Cl)c(C#N)c(Cl)c1)[C@H](CN)OC(C)=O)[C@@H](C)OC(C)=O. The van der Waals surface area contributed by atoms with Gasteiger partial charge in [-0.2, -0.15) is 5.26 Å². The van der Waals surface area contributed by atoms with E-state index in [0.717, 1.165) is 11.8 Å². The Labute approximate surface area is 200 Å². The normalized spacial score (nSPS) is 14.4. The summed E-state index contributed by atoms with van der Waals surface area (Å²) in [6.45, 7) is 4.91. The number of nitriles is 1. The molecule has 2 unspecified atom stereocenters. The van der Waals surface area contributed by atoms with E-state index in [0.29, 0.717) is 4.90 Å². The molecule has 0 aliphatic carbocycles. The zero-order chi connectivity index (χ0) is 24.4. The second-order valence-electron chi connectivity index (χ2n) is 6.54. The van der Waals surface area contributed by atoms with Crippen LogP contribution >= 0.6 is 35.0 Å². The van der Waals surface area contributed by atoms with Gasteiger partial charge in [0.2, 0.25) is 0 Å². The molecule has 0 saturated carbocycles. The Morgan fingerprint density at radius 3 is 2.06 bits per heavy atom. The fourth-order valence-corrected chi connectivity index (χ4v) is 4.33. The average Bonchev–Trinajstić information content (AvgIpc) is 2.67. The Hall–Kier alpha value is -2.03. The summed E-state index contributed by atoms with van der Waals surface area (Å²) in [5.41, 5.74) is 4.98. The molecular weight excluding hydrogens is 483 g/mol. The van der Waals surface area contributed by atoms with Gasteiger partial charge in [0.1, 0.15) is 36.4 Å². The Kier molecular flexibility index (Phi) is 11.8. The third-order valence-corrected chi connectivity index (χ3v) is 5.62. The number of nitrogens with zero attached hydrogens (tertiary/aromatic N) is 1. The molecule has 0 aliphatic rings.